The van der Waals surface area contributed by atoms with Crippen LogP contribution in [0.1, 0.15) is 12.5 Å². The third-order valence-electron chi connectivity index (χ3n) is 1.56. The number of amides is 1. The van der Waals surface area contributed by atoms with Crippen molar-refractivity contribution in [1.82, 2.24) is 0 Å². The minimum Gasteiger partial charge on any atom is -0.389 e. The average Bonchev–Trinajstić information content (AvgIpc) is 2.07. The molecule has 3 N–H and O–H groups in total. The van der Waals surface area contributed by atoms with Crippen LogP contribution in [0, 0.1) is 0 Å². The molecule has 1 aromatic carbocycles. The highest BCUT2D eigenvalue weighted by Crippen LogP contribution is 2.20. The number of rotatable bonds is 2. The van der Waals surface area contributed by atoms with Crippen LogP contribution in [0.5, 0.6) is 0 Å². The van der Waals surface area contributed by atoms with E-state index in [1.54, 1.807) is 12.1 Å². The summed E-state index contributed by atoms with van der Waals surface area (Å²) < 4.78 is 0.870. The first kappa shape index (κ1) is 11.1. The van der Waals surface area contributed by atoms with E-state index in [2.05, 4.69) is 21.2 Å². The summed E-state index contributed by atoms with van der Waals surface area (Å²) in [5.41, 5.74) is 6.81. The molecular formula is C9H9BrN2OS. The summed E-state index contributed by atoms with van der Waals surface area (Å²) in [4.78, 5) is 11.1. The maximum absolute atomic E-state index is 10.9. The molecule has 0 fully saturated rings. The van der Waals surface area contributed by atoms with E-state index in [1.807, 2.05) is 6.07 Å². The van der Waals surface area contributed by atoms with Gasteiger partial charge in [-0.3, -0.25) is 4.79 Å². The van der Waals surface area contributed by atoms with Gasteiger partial charge in [-0.25, -0.2) is 0 Å². The molecule has 1 aromatic rings. The van der Waals surface area contributed by atoms with Gasteiger partial charge in [-0.15, -0.1) is 0 Å². The predicted octanol–water partition coefficient (Wildman–Crippen LogP) is 2.04. The first-order chi connectivity index (χ1) is 6.50. The number of nitrogens with one attached hydrogen (secondary N) is 1. The van der Waals surface area contributed by atoms with Crippen molar-refractivity contribution in [3.63, 3.8) is 0 Å². The Balaban J connectivity index is 3.14. The highest BCUT2D eigenvalue weighted by Gasteiger charge is 2.06. The van der Waals surface area contributed by atoms with Crippen LogP contribution in [0.4, 0.5) is 5.69 Å². The molecule has 0 saturated carbocycles. The van der Waals surface area contributed by atoms with Crippen LogP contribution >= 0.6 is 28.1 Å². The second-order valence-electron chi connectivity index (χ2n) is 2.74. The van der Waals surface area contributed by atoms with Gasteiger partial charge in [0.2, 0.25) is 5.91 Å². The van der Waals surface area contributed by atoms with E-state index in [0.717, 1.165) is 4.47 Å². The Hall–Kier alpha value is -0.940. The van der Waals surface area contributed by atoms with Gasteiger partial charge in [-0.05, 0) is 18.2 Å². The molecule has 0 saturated heterocycles. The second-order valence-corrected chi connectivity index (χ2v) is 4.09. The zero-order chi connectivity index (χ0) is 10.7. The fraction of sp³-hybridized carbons (Fsp3) is 0.111. The van der Waals surface area contributed by atoms with Crippen LogP contribution in [-0.4, -0.2) is 10.9 Å². The molecule has 3 nitrogen and oxygen atoms in total. The van der Waals surface area contributed by atoms with Crippen LogP contribution in [0.25, 0.3) is 0 Å². The molecule has 0 atom stereocenters. The van der Waals surface area contributed by atoms with E-state index in [1.165, 1.54) is 6.92 Å². The van der Waals surface area contributed by atoms with Gasteiger partial charge < -0.3 is 11.1 Å². The normalized spacial score (nSPS) is 9.57. The number of thiocarbonyl (C=S) groups is 1. The Bertz CT molecular complexity index is 392. The average molecular weight is 273 g/mol. The molecule has 1 amide bonds. The van der Waals surface area contributed by atoms with E-state index in [9.17, 15) is 4.79 Å². The summed E-state index contributed by atoms with van der Waals surface area (Å²) in [5.74, 6) is -0.148. The molecule has 0 bridgehead atoms. The van der Waals surface area contributed by atoms with E-state index < -0.39 is 0 Å². The third kappa shape index (κ3) is 2.78. The number of anilines is 1. The molecule has 0 aliphatic rings. The molecule has 0 unspecified atom stereocenters. The number of hydrogen-bond donors (Lipinski definition) is 2. The second kappa shape index (κ2) is 4.52. The van der Waals surface area contributed by atoms with Crippen molar-refractivity contribution in [1.29, 1.82) is 0 Å². The molecule has 0 heterocycles. The van der Waals surface area contributed by atoms with Crippen LogP contribution in [0.15, 0.2) is 22.7 Å². The van der Waals surface area contributed by atoms with Crippen molar-refractivity contribution in [3.05, 3.63) is 28.2 Å². The van der Waals surface area contributed by atoms with Crippen LogP contribution in [0.2, 0.25) is 0 Å². The molecule has 0 radical (unpaired) electrons. The molecule has 74 valence electrons. The molecule has 0 aliphatic heterocycles. The largest absolute Gasteiger partial charge is 0.389 e. The number of carbonyl (C=O) groups is 1. The van der Waals surface area contributed by atoms with Gasteiger partial charge in [0.25, 0.3) is 0 Å². The topological polar surface area (TPSA) is 55.1 Å². The van der Waals surface area contributed by atoms with Gasteiger partial charge in [0, 0.05) is 17.0 Å². The maximum Gasteiger partial charge on any atom is 0.221 e. The molecule has 0 aromatic heterocycles. The molecular weight excluding hydrogens is 264 g/mol. The van der Waals surface area contributed by atoms with Crippen molar-refractivity contribution in [3.8, 4) is 0 Å². The van der Waals surface area contributed by atoms with E-state index in [-0.39, 0.29) is 10.9 Å². The monoisotopic (exact) mass is 272 g/mol. The molecule has 0 aliphatic carbocycles. The van der Waals surface area contributed by atoms with Crippen LogP contribution in [-0.2, 0) is 4.79 Å². The Labute approximate surface area is 95.8 Å². The number of benzene rings is 1. The van der Waals surface area contributed by atoms with E-state index >= 15 is 0 Å². The zero-order valence-electron chi connectivity index (χ0n) is 7.50. The predicted molar refractivity (Wildman–Crippen MR) is 64.3 cm³/mol. The summed E-state index contributed by atoms with van der Waals surface area (Å²) >= 11 is 8.17. The highest BCUT2D eigenvalue weighted by atomic mass is 79.9. The van der Waals surface area contributed by atoms with Gasteiger partial charge in [0.1, 0.15) is 4.99 Å². The number of nitrogens with two attached hydrogens (primary N) is 1. The zero-order valence-corrected chi connectivity index (χ0v) is 9.91. The fourth-order valence-corrected chi connectivity index (χ4v) is 1.55. The van der Waals surface area contributed by atoms with Crippen molar-refractivity contribution in [2.24, 2.45) is 5.73 Å². The lowest BCUT2D eigenvalue weighted by Gasteiger charge is -2.08. The Morgan fingerprint density at radius 2 is 2.21 bits per heavy atom. The molecule has 1 rings (SSSR count). The summed E-state index contributed by atoms with van der Waals surface area (Å²) in [7, 11) is 0. The standard InChI is InChI=1S/C9H9BrN2OS/c1-5(13)12-8-3-2-6(10)4-7(8)9(11)14/h2-4H,1H3,(H2,11,14)(H,12,13). The number of halogens is 1. The summed E-state index contributed by atoms with van der Waals surface area (Å²) in [6, 6.07) is 5.33. The lowest BCUT2D eigenvalue weighted by Crippen LogP contribution is -2.15. The van der Waals surface area contributed by atoms with Gasteiger partial charge in [-0.1, -0.05) is 28.1 Å². The Morgan fingerprint density at radius 3 is 2.71 bits per heavy atom. The minimum atomic E-state index is -0.148. The minimum absolute atomic E-state index is 0.148. The first-order valence-electron chi connectivity index (χ1n) is 3.87. The van der Waals surface area contributed by atoms with Gasteiger partial charge in [-0.2, -0.15) is 0 Å². The van der Waals surface area contributed by atoms with Crippen molar-refractivity contribution in [2.75, 3.05) is 5.32 Å². The smallest absolute Gasteiger partial charge is 0.221 e. The maximum atomic E-state index is 10.9. The van der Waals surface area contributed by atoms with Gasteiger partial charge >= 0.3 is 0 Å². The van der Waals surface area contributed by atoms with Gasteiger partial charge in [0.15, 0.2) is 0 Å². The SMILES string of the molecule is CC(=O)Nc1ccc(Br)cc1C(N)=S. The van der Waals surface area contributed by atoms with Gasteiger partial charge in [0.05, 0.1) is 5.69 Å². The summed E-state index contributed by atoms with van der Waals surface area (Å²) in [6.07, 6.45) is 0. The first-order valence-corrected chi connectivity index (χ1v) is 5.08. The summed E-state index contributed by atoms with van der Waals surface area (Å²) in [6.45, 7) is 1.44. The molecule has 0 spiro atoms. The van der Waals surface area contributed by atoms with Crippen LogP contribution < -0.4 is 11.1 Å². The third-order valence-corrected chi connectivity index (χ3v) is 2.27. The fourth-order valence-electron chi connectivity index (χ4n) is 1.02. The number of carbonyl (C=O) groups excluding carboxylic acids is 1. The number of hydrogen-bond acceptors (Lipinski definition) is 2. The van der Waals surface area contributed by atoms with Crippen molar-refractivity contribution >= 4 is 44.7 Å². The lowest BCUT2D eigenvalue weighted by molar-refractivity contribution is -0.114. The van der Waals surface area contributed by atoms with Crippen LogP contribution in [0.3, 0.4) is 0 Å². The Kier molecular flexibility index (Phi) is 3.60. The van der Waals surface area contributed by atoms with Crippen molar-refractivity contribution in [2.45, 2.75) is 6.92 Å². The highest BCUT2D eigenvalue weighted by molar-refractivity contribution is 9.10. The quantitative estimate of drug-likeness (QED) is 0.811. The van der Waals surface area contributed by atoms with Crippen molar-refractivity contribution < 1.29 is 4.79 Å². The molecule has 5 heteroatoms. The summed E-state index contributed by atoms with van der Waals surface area (Å²) in [5, 5.41) is 2.65. The van der Waals surface area contributed by atoms with E-state index in [4.69, 9.17) is 18.0 Å². The lowest BCUT2D eigenvalue weighted by atomic mass is 10.2. The molecule has 14 heavy (non-hydrogen) atoms. The Morgan fingerprint density at radius 1 is 1.57 bits per heavy atom. The van der Waals surface area contributed by atoms with E-state index in [0.29, 0.717) is 11.3 Å².